The van der Waals surface area contributed by atoms with E-state index in [-0.39, 0.29) is 30.4 Å². The van der Waals surface area contributed by atoms with Crippen molar-refractivity contribution in [3.05, 3.63) is 103 Å². The summed E-state index contributed by atoms with van der Waals surface area (Å²) in [6.45, 7) is 0.837. The number of furan rings is 1. The summed E-state index contributed by atoms with van der Waals surface area (Å²) < 4.78 is 39.3. The highest BCUT2D eigenvalue weighted by molar-refractivity contribution is 7.89. The quantitative estimate of drug-likeness (QED) is 0.261. The van der Waals surface area contributed by atoms with Crippen molar-refractivity contribution in [3.63, 3.8) is 0 Å². The monoisotopic (exact) mass is 506 g/mol. The molecule has 0 saturated heterocycles. The molecule has 0 radical (unpaired) electrons. The van der Waals surface area contributed by atoms with Gasteiger partial charge in [-0.15, -0.1) is 0 Å². The number of methoxy groups -OCH3 is 1. The Morgan fingerprint density at radius 2 is 1.64 bits per heavy atom. The molecule has 36 heavy (non-hydrogen) atoms. The second kappa shape index (κ2) is 12.0. The van der Waals surface area contributed by atoms with Gasteiger partial charge in [0.15, 0.2) is 0 Å². The zero-order valence-corrected chi connectivity index (χ0v) is 21.1. The van der Waals surface area contributed by atoms with E-state index >= 15 is 0 Å². The fourth-order valence-electron chi connectivity index (χ4n) is 4.02. The van der Waals surface area contributed by atoms with Gasteiger partial charge in [-0.25, -0.2) is 8.42 Å². The van der Waals surface area contributed by atoms with Crippen LogP contribution in [0.5, 0.6) is 0 Å². The molecule has 0 saturated carbocycles. The van der Waals surface area contributed by atoms with Crippen molar-refractivity contribution in [3.8, 4) is 0 Å². The fourth-order valence-corrected chi connectivity index (χ4v) is 5.49. The molecule has 4 rings (SSSR count). The number of nitrogens with zero attached hydrogens (tertiary/aromatic N) is 2. The van der Waals surface area contributed by atoms with Gasteiger partial charge in [-0.3, -0.25) is 4.79 Å². The number of rotatable bonds is 12. The lowest BCUT2D eigenvalue weighted by atomic mass is 10.1. The average molecular weight is 507 g/mol. The molecule has 0 spiro atoms. The van der Waals surface area contributed by atoms with Crippen LogP contribution in [0.3, 0.4) is 0 Å². The Labute approximate surface area is 211 Å². The predicted octanol–water partition coefficient (Wildman–Crippen LogP) is 4.69. The van der Waals surface area contributed by atoms with Gasteiger partial charge in [0.05, 0.1) is 24.2 Å². The second-order valence-electron chi connectivity index (χ2n) is 8.51. The van der Waals surface area contributed by atoms with Gasteiger partial charge in [-0.1, -0.05) is 60.7 Å². The van der Waals surface area contributed by atoms with E-state index in [0.717, 1.165) is 16.3 Å². The lowest BCUT2D eigenvalue weighted by Crippen LogP contribution is -2.43. The molecule has 8 heteroatoms. The van der Waals surface area contributed by atoms with Crippen LogP contribution < -0.4 is 0 Å². The van der Waals surface area contributed by atoms with Gasteiger partial charge in [0, 0.05) is 26.8 Å². The Balaban J connectivity index is 1.60. The highest BCUT2D eigenvalue weighted by atomic mass is 32.2. The molecule has 0 atom stereocenters. The Kier molecular flexibility index (Phi) is 8.53. The molecule has 1 heterocycles. The van der Waals surface area contributed by atoms with Crippen molar-refractivity contribution in [2.75, 3.05) is 26.8 Å². The lowest BCUT2D eigenvalue weighted by Gasteiger charge is -2.27. The molecule has 0 aliphatic carbocycles. The first-order valence-electron chi connectivity index (χ1n) is 11.8. The molecule has 0 fully saturated rings. The van der Waals surface area contributed by atoms with Crippen LogP contribution in [0.15, 0.2) is 101 Å². The van der Waals surface area contributed by atoms with Gasteiger partial charge in [-0.2, -0.15) is 4.31 Å². The average Bonchev–Trinajstić information content (AvgIpc) is 3.41. The Morgan fingerprint density at radius 3 is 2.36 bits per heavy atom. The Bertz CT molecular complexity index is 1370. The van der Waals surface area contributed by atoms with Crippen LogP contribution in [-0.2, 0) is 32.6 Å². The number of hydrogen-bond donors (Lipinski definition) is 0. The molecule has 4 aromatic rings. The summed E-state index contributed by atoms with van der Waals surface area (Å²) >= 11 is 0. The molecule has 0 unspecified atom stereocenters. The Hall–Kier alpha value is -3.46. The largest absolute Gasteiger partial charge is 0.467 e. The lowest BCUT2D eigenvalue weighted by molar-refractivity contribution is -0.133. The SMILES string of the molecule is COCCCN(CC(=O)N(Cc1ccccc1)Cc1ccco1)S(=O)(=O)c1ccc2ccccc2c1. The number of fused-ring (bicyclic) bond motifs is 1. The van der Waals surface area contributed by atoms with Crippen LogP contribution in [0.25, 0.3) is 10.8 Å². The number of ether oxygens (including phenoxy) is 1. The standard InChI is InChI=1S/C28H30N2O5S/c1-34-17-8-16-30(36(32,33)27-15-14-24-11-5-6-12-25(24)19-27)22-28(31)29(21-26-13-7-18-35-26)20-23-9-3-2-4-10-23/h2-7,9-15,18-19H,8,16-17,20-22H2,1H3. The molecule has 0 aliphatic heterocycles. The van der Waals surface area contributed by atoms with E-state index in [2.05, 4.69) is 0 Å². The van der Waals surface area contributed by atoms with E-state index in [1.807, 2.05) is 54.6 Å². The fraction of sp³-hybridized carbons (Fsp3) is 0.250. The third-order valence-corrected chi connectivity index (χ3v) is 7.76. The Morgan fingerprint density at radius 1 is 0.889 bits per heavy atom. The van der Waals surface area contributed by atoms with E-state index in [4.69, 9.17) is 9.15 Å². The zero-order chi connectivity index (χ0) is 25.4. The van der Waals surface area contributed by atoms with Gasteiger partial charge in [0.2, 0.25) is 15.9 Å². The zero-order valence-electron chi connectivity index (χ0n) is 20.2. The summed E-state index contributed by atoms with van der Waals surface area (Å²) in [5, 5.41) is 1.77. The number of sulfonamides is 1. The smallest absolute Gasteiger partial charge is 0.243 e. The van der Waals surface area contributed by atoms with Gasteiger partial charge in [0.25, 0.3) is 0 Å². The van der Waals surface area contributed by atoms with Crippen LogP contribution in [-0.4, -0.2) is 50.3 Å². The highest BCUT2D eigenvalue weighted by Gasteiger charge is 2.29. The van der Waals surface area contributed by atoms with Crippen LogP contribution in [0.4, 0.5) is 0 Å². The highest BCUT2D eigenvalue weighted by Crippen LogP contribution is 2.23. The van der Waals surface area contributed by atoms with Crippen molar-refractivity contribution in [1.82, 2.24) is 9.21 Å². The summed E-state index contributed by atoms with van der Waals surface area (Å²) in [5.74, 6) is 0.319. The summed E-state index contributed by atoms with van der Waals surface area (Å²) in [6.07, 6.45) is 2.02. The van der Waals surface area contributed by atoms with Gasteiger partial charge in [0.1, 0.15) is 5.76 Å². The maximum atomic E-state index is 13.7. The molecule has 188 valence electrons. The maximum absolute atomic E-state index is 13.7. The minimum absolute atomic E-state index is 0.159. The first kappa shape index (κ1) is 25.6. The van der Waals surface area contributed by atoms with Crippen LogP contribution in [0, 0.1) is 0 Å². The van der Waals surface area contributed by atoms with E-state index in [0.29, 0.717) is 25.3 Å². The number of carbonyl (C=O) groups is 1. The van der Waals surface area contributed by atoms with E-state index in [1.54, 1.807) is 48.6 Å². The molecular formula is C28H30N2O5S. The number of hydrogen-bond acceptors (Lipinski definition) is 5. The van der Waals surface area contributed by atoms with Crippen LogP contribution in [0.2, 0.25) is 0 Å². The molecule has 1 amide bonds. The van der Waals surface area contributed by atoms with Crippen molar-refractivity contribution < 1.29 is 22.4 Å². The van der Waals surface area contributed by atoms with Crippen molar-refractivity contribution in [2.24, 2.45) is 0 Å². The summed E-state index contributed by atoms with van der Waals surface area (Å²) in [6, 6.07) is 25.8. The topological polar surface area (TPSA) is 80.1 Å². The molecular weight excluding hydrogens is 476 g/mol. The summed E-state index contributed by atoms with van der Waals surface area (Å²) in [7, 11) is -2.36. The third kappa shape index (κ3) is 6.40. The van der Waals surface area contributed by atoms with Gasteiger partial charge in [-0.05, 0) is 47.0 Å². The maximum Gasteiger partial charge on any atom is 0.243 e. The molecule has 7 nitrogen and oxygen atoms in total. The molecule has 1 aromatic heterocycles. The number of amides is 1. The third-order valence-electron chi connectivity index (χ3n) is 5.92. The number of carbonyl (C=O) groups excluding carboxylic acids is 1. The minimum atomic E-state index is -3.93. The first-order valence-corrected chi connectivity index (χ1v) is 13.2. The van der Waals surface area contributed by atoms with Crippen LogP contribution in [0.1, 0.15) is 17.7 Å². The van der Waals surface area contributed by atoms with Crippen molar-refractivity contribution in [1.29, 1.82) is 0 Å². The predicted molar refractivity (Wildman–Crippen MR) is 139 cm³/mol. The van der Waals surface area contributed by atoms with Crippen molar-refractivity contribution >= 4 is 26.7 Å². The molecule has 0 aliphatic rings. The van der Waals surface area contributed by atoms with Crippen molar-refractivity contribution in [2.45, 2.75) is 24.4 Å². The number of benzene rings is 3. The van der Waals surface area contributed by atoms with Crippen LogP contribution >= 0.6 is 0 Å². The summed E-state index contributed by atoms with van der Waals surface area (Å²) in [5.41, 5.74) is 0.945. The van der Waals surface area contributed by atoms with Gasteiger partial charge < -0.3 is 14.1 Å². The van der Waals surface area contributed by atoms with Gasteiger partial charge >= 0.3 is 0 Å². The summed E-state index contributed by atoms with van der Waals surface area (Å²) in [4.78, 5) is 15.3. The normalized spacial score (nSPS) is 11.7. The first-order chi connectivity index (χ1) is 17.5. The minimum Gasteiger partial charge on any atom is -0.467 e. The molecule has 3 aromatic carbocycles. The molecule has 0 N–H and O–H groups in total. The molecule has 0 bridgehead atoms. The van der Waals surface area contributed by atoms with E-state index < -0.39 is 10.0 Å². The second-order valence-corrected chi connectivity index (χ2v) is 10.4. The van der Waals surface area contributed by atoms with E-state index in [9.17, 15) is 13.2 Å². The van der Waals surface area contributed by atoms with E-state index in [1.165, 1.54) is 4.31 Å².